The van der Waals surface area contributed by atoms with Crippen molar-refractivity contribution in [1.29, 1.82) is 0 Å². The van der Waals surface area contributed by atoms with Crippen LogP contribution in [0, 0.1) is 0 Å². The molecule has 3 aromatic rings. The second kappa shape index (κ2) is 6.61. The van der Waals surface area contributed by atoms with Gasteiger partial charge in [-0.2, -0.15) is 5.10 Å². The molecule has 5 nitrogen and oxygen atoms in total. The van der Waals surface area contributed by atoms with Gasteiger partial charge in [-0.3, -0.25) is 4.68 Å². The normalized spacial score (nSPS) is 11.2. The average molecular weight is 343 g/mol. The molecule has 0 N–H and O–H groups in total. The zero-order valence-corrected chi connectivity index (χ0v) is 14.7. The SMILES string of the molecule is C=Cc1nn(C(C)C)c2c(Cl)cc(-c3cccnc3OCC)nc12. The fourth-order valence-corrected chi connectivity index (χ4v) is 2.88. The highest BCUT2D eigenvalue weighted by Crippen LogP contribution is 2.34. The number of hydrogen-bond donors (Lipinski definition) is 0. The zero-order chi connectivity index (χ0) is 17.3. The third-order valence-electron chi connectivity index (χ3n) is 3.64. The first kappa shape index (κ1) is 16.5. The Balaban J connectivity index is 2.27. The third-order valence-corrected chi connectivity index (χ3v) is 3.93. The van der Waals surface area contributed by atoms with Gasteiger partial charge in [-0.1, -0.05) is 18.2 Å². The molecule has 0 fully saturated rings. The Labute approximate surface area is 145 Å². The molecular weight excluding hydrogens is 324 g/mol. The quantitative estimate of drug-likeness (QED) is 0.670. The fourth-order valence-electron chi connectivity index (χ4n) is 2.60. The van der Waals surface area contributed by atoms with Crippen molar-refractivity contribution in [3.63, 3.8) is 0 Å². The average Bonchev–Trinajstić information content (AvgIpc) is 2.95. The van der Waals surface area contributed by atoms with Gasteiger partial charge >= 0.3 is 0 Å². The van der Waals surface area contributed by atoms with Crippen LogP contribution in [0.4, 0.5) is 0 Å². The van der Waals surface area contributed by atoms with Gasteiger partial charge in [0, 0.05) is 12.2 Å². The van der Waals surface area contributed by atoms with Crippen LogP contribution in [0.15, 0.2) is 31.0 Å². The molecular formula is C18H19ClN4O. The van der Waals surface area contributed by atoms with E-state index in [1.807, 2.05) is 29.8 Å². The Morgan fingerprint density at radius 3 is 2.88 bits per heavy atom. The fraction of sp³-hybridized carbons (Fsp3) is 0.278. The van der Waals surface area contributed by atoms with Gasteiger partial charge in [0.1, 0.15) is 16.7 Å². The van der Waals surface area contributed by atoms with Crippen LogP contribution in [0.3, 0.4) is 0 Å². The standard InChI is InChI=1S/C18H19ClN4O/c1-5-14-16-17(23(22-14)11(3)4)13(19)10-15(21-16)12-8-7-9-20-18(12)24-6-2/h5,7-11H,1,6H2,2-4H3. The molecule has 0 unspecified atom stereocenters. The lowest BCUT2D eigenvalue weighted by Gasteiger charge is -2.11. The van der Waals surface area contributed by atoms with Crippen molar-refractivity contribution in [2.45, 2.75) is 26.8 Å². The summed E-state index contributed by atoms with van der Waals surface area (Å²) in [5.74, 6) is 0.541. The summed E-state index contributed by atoms with van der Waals surface area (Å²) in [5.41, 5.74) is 3.76. The zero-order valence-electron chi connectivity index (χ0n) is 14.0. The molecule has 0 atom stereocenters. The molecule has 0 aliphatic rings. The van der Waals surface area contributed by atoms with E-state index < -0.39 is 0 Å². The lowest BCUT2D eigenvalue weighted by molar-refractivity contribution is 0.328. The molecule has 3 rings (SSSR count). The Hall–Kier alpha value is -2.40. The molecule has 3 heterocycles. The molecule has 0 aromatic carbocycles. The molecule has 24 heavy (non-hydrogen) atoms. The highest BCUT2D eigenvalue weighted by molar-refractivity contribution is 6.35. The van der Waals surface area contributed by atoms with Gasteiger partial charge in [-0.25, -0.2) is 9.97 Å². The topological polar surface area (TPSA) is 52.8 Å². The van der Waals surface area contributed by atoms with Gasteiger partial charge in [0.15, 0.2) is 0 Å². The predicted octanol–water partition coefficient (Wildman–Crippen LogP) is 4.77. The Morgan fingerprint density at radius 2 is 2.21 bits per heavy atom. The molecule has 0 aliphatic heterocycles. The van der Waals surface area contributed by atoms with E-state index in [9.17, 15) is 0 Å². The summed E-state index contributed by atoms with van der Waals surface area (Å²) in [6.07, 6.45) is 3.39. The monoisotopic (exact) mass is 342 g/mol. The number of aromatic nitrogens is 4. The van der Waals surface area contributed by atoms with Gasteiger partial charge < -0.3 is 4.74 Å². The minimum atomic E-state index is 0.170. The maximum absolute atomic E-state index is 6.56. The number of pyridine rings is 2. The van der Waals surface area contributed by atoms with Crippen molar-refractivity contribution < 1.29 is 4.74 Å². The number of ether oxygens (including phenoxy) is 1. The minimum Gasteiger partial charge on any atom is -0.477 e. The van der Waals surface area contributed by atoms with Crippen molar-refractivity contribution in [1.82, 2.24) is 19.7 Å². The lowest BCUT2D eigenvalue weighted by Crippen LogP contribution is -2.03. The van der Waals surface area contributed by atoms with Crippen LogP contribution in [0.1, 0.15) is 32.5 Å². The van der Waals surface area contributed by atoms with E-state index in [-0.39, 0.29) is 6.04 Å². The highest BCUT2D eigenvalue weighted by atomic mass is 35.5. The second-order valence-corrected chi connectivity index (χ2v) is 6.01. The summed E-state index contributed by atoms with van der Waals surface area (Å²) in [7, 11) is 0. The van der Waals surface area contributed by atoms with Gasteiger partial charge in [0.05, 0.1) is 22.9 Å². The molecule has 124 valence electrons. The lowest BCUT2D eigenvalue weighted by atomic mass is 10.1. The number of nitrogens with zero attached hydrogens (tertiary/aromatic N) is 4. The van der Waals surface area contributed by atoms with Crippen LogP contribution in [0.2, 0.25) is 5.02 Å². The summed E-state index contributed by atoms with van der Waals surface area (Å²) < 4.78 is 7.48. The smallest absolute Gasteiger partial charge is 0.222 e. The third kappa shape index (κ3) is 2.76. The molecule has 0 saturated carbocycles. The molecule has 0 radical (unpaired) electrons. The van der Waals surface area contributed by atoms with E-state index in [0.29, 0.717) is 28.9 Å². The molecule has 6 heteroatoms. The number of rotatable bonds is 5. The van der Waals surface area contributed by atoms with E-state index in [0.717, 1.165) is 16.6 Å². The Kier molecular flexibility index (Phi) is 4.53. The second-order valence-electron chi connectivity index (χ2n) is 5.60. The molecule has 0 spiro atoms. The summed E-state index contributed by atoms with van der Waals surface area (Å²) >= 11 is 6.56. The molecule has 0 bridgehead atoms. The summed E-state index contributed by atoms with van der Waals surface area (Å²) in [6.45, 7) is 10.4. The van der Waals surface area contributed by atoms with Crippen LogP contribution in [-0.4, -0.2) is 26.4 Å². The van der Waals surface area contributed by atoms with Gasteiger partial charge in [-0.15, -0.1) is 0 Å². The first-order valence-electron chi connectivity index (χ1n) is 7.86. The van der Waals surface area contributed by atoms with Crippen LogP contribution < -0.4 is 4.74 Å². The number of fused-ring (bicyclic) bond motifs is 1. The first-order chi connectivity index (χ1) is 11.6. The Morgan fingerprint density at radius 1 is 1.42 bits per heavy atom. The van der Waals surface area contributed by atoms with Crippen LogP contribution in [0.25, 0.3) is 28.4 Å². The van der Waals surface area contributed by atoms with Crippen molar-refractivity contribution >= 4 is 28.7 Å². The van der Waals surface area contributed by atoms with Gasteiger partial charge in [0.25, 0.3) is 0 Å². The van der Waals surface area contributed by atoms with Crippen LogP contribution >= 0.6 is 11.6 Å². The molecule has 0 amide bonds. The first-order valence-corrected chi connectivity index (χ1v) is 8.24. The van der Waals surface area contributed by atoms with E-state index >= 15 is 0 Å². The van der Waals surface area contributed by atoms with Crippen LogP contribution in [-0.2, 0) is 0 Å². The van der Waals surface area contributed by atoms with Crippen molar-refractivity contribution in [3.8, 4) is 17.1 Å². The summed E-state index contributed by atoms with van der Waals surface area (Å²) in [4.78, 5) is 9.05. The maximum atomic E-state index is 6.56. The molecule has 0 saturated heterocycles. The number of halogens is 1. The summed E-state index contributed by atoms with van der Waals surface area (Å²) in [6, 6.07) is 5.77. The van der Waals surface area contributed by atoms with Crippen molar-refractivity contribution in [2.24, 2.45) is 0 Å². The molecule has 3 aromatic heterocycles. The van der Waals surface area contributed by atoms with Gasteiger partial charge in [0.2, 0.25) is 5.88 Å². The van der Waals surface area contributed by atoms with Crippen LogP contribution in [0.5, 0.6) is 5.88 Å². The van der Waals surface area contributed by atoms with Gasteiger partial charge in [-0.05, 0) is 45.0 Å². The van der Waals surface area contributed by atoms with E-state index in [1.165, 1.54) is 0 Å². The van der Waals surface area contributed by atoms with E-state index in [4.69, 9.17) is 21.3 Å². The van der Waals surface area contributed by atoms with Crippen molar-refractivity contribution in [3.05, 3.63) is 41.7 Å². The summed E-state index contributed by atoms with van der Waals surface area (Å²) in [5, 5.41) is 5.16. The molecule has 0 aliphatic carbocycles. The highest BCUT2D eigenvalue weighted by Gasteiger charge is 2.18. The largest absolute Gasteiger partial charge is 0.477 e. The van der Waals surface area contributed by atoms with E-state index in [2.05, 4.69) is 30.5 Å². The maximum Gasteiger partial charge on any atom is 0.222 e. The number of hydrogen-bond acceptors (Lipinski definition) is 4. The van der Waals surface area contributed by atoms with Crippen molar-refractivity contribution in [2.75, 3.05) is 6.61 Å². The Bertz CT molecular complexity index is 901. The predicted molar refractivity (Wildman–Crippen MR) is 97.4 cm³/mol. The minimum absolute atomic E-state index is 0.170. The van der Waals surface area contributed by atoms with E-state index in [1.54, 1.807) is 12.3 Å².